The first-order chi connectivity index (χ1) is 9.62. The smallest absolute Gasteiger partial charge is 0.0134 e. The van der Waals surface area contributed by atoms with E-state index in [9.17, 15) is 0 Å². The highest BCUT2D eigenvalue weighted by atomic mass is 14.4. The van der Waals surface area contributed by atoms with Gasteiger partial charge in [0.1, 0.15) is 0 Å². The molecule has 0 saturated heterocycles. The molecule has 0 bridgehead atoms. The fraction of sp³-hybridized carbons (Fsp3) is 0.800. The summed E-state index contributed by atoms with van der Waals surface area (Å²) in [6.45, 7) is 7.45. The van der Waals surface area contributed by atoms with Crippen LogP contribution in [0.2, 0.25) is 0 Å². The van der Waals surface area contributed by atoms with E-state index < -0.39 is 0 Å². The zero-order chi connectivity index (χ0) is 14.2. The Labute approximate surface area is 125 Å². The largest absolute Gasteiger partial charge is 0.0807 e. The first kappa shape index (κ1) is 14.4. The number of fused-ring (bicyclic) bond motifs is 3. The summed E-state index contributed by atoms with van der Waals surface area (Å²) in [7, 11) is 0. The van der Waals surface area contributed by atoms with Gasteiger partial charge in [-0.15, -0.1) is 0 Å². The number of hydrogen-bond donors (Lipinski definition) is 0. The van der Waals surface area contributed by atoms with Crippen LogP contribution in [-0.4, -0.2) is 0 Å². The first-order valence-corrected chi connectivity index (χ1v) is 9.01. The van der Waals surface area contributed by atoms with Crippen molar-refractivity contribution in [1.82, 2.24) is 0 Å². The van der Waals surface area contributed by atoms with Crippen LogP contribution in [0.3, 0.4) is 0 Å². The fourth-order valence-corrected chi connectivity index (χ4v) is 5.21. The third-order valence-corrected chi connectivity index (χ3v) is 6.63. The Kier molecular flexibility index (Phi) is 4.11. The van der Waals surface area contributed by atoms with E-state index in [0.29, 0.717) is 5.41 Å². The SMILES string of the molecule is CCC1CCC2CCC3=CCCC=C3C2CCC1(C)C. The Morgan fingerprint density at radius 1 is 1.05 bits per heavy atom. The zero-order valence-electron chi connectivity index (χ0n) is 13.8. The molecule has 0 spiro atoms. The van der Waals surface area contributed by atoms with E-state index in [1.54, 1.807) is 11.1 Å². The molecule has 3 unspecified atom stereocenters. The molecule has 3 aliphatic rings. The van der Waals surface area contributed by atoms with Gasteiger partial charge in [-0.1, -0.05) is 39.3 Å². The Morgan fingerprint density at radius 3 is 2.65 bits per heavy atom. The van der Waals surface area contributed by atoms with Crippen molar-refractivity contribution in [3.05, 3.63) is 23.3 Å². The minimum Gasteiger partial charge on any atom is -0.0807 e. The van der Waals surface area contributed by atoms with Gasteiger partial charge in [0.25, 0.3) is 0 Å². The Hall–Kier alpha value is -0.520. The normalized spacial score (nSPS) is 36.9. The molecule has 0 aromatic heterocycles. The van der Waals surface area contributed by atoms with Gasteiger partial charge >= 0.3 is 0 Å². The van der Waals surface area contributed by atoms with Crippen molar-refractivity contribution in [1.29, 1.82) is 0 Å². The molecule has 0 nitrogen and oxygen atoms in total. The van der Waals surface area contributed by atoms with E-state index in [1.165, 1.54) is 57.8 Å². The molecule has 3 aliphatic carbocycles. The highest BCUT2D eigenvalue weighted by Gasteiger charge is 2.38. The Morgan fingerprint density at radius 2 is 1.85 bits per heavy atom. The summed E-state index contributed by atoms with van der Waals surface area (Å²) in [6.07, 6.45) is 17.8. The van der Waals surface area contributed by atoms with Crippen LogP contribution in [0.15, 0.2) is 23.3 Å². The summed E-state index contributed by atoms with van der Waals surface area (Å²) < 4.78 is 0. The Balaban J connectivity index is 1.81. The standard InChI is InChI=1S/C20H32/c1-4-17-12-11-16-10-9-15-7-5-6-8-18(15)19(16)13-14-20(17,2)3/h7-8,16-17,19H,4-6,9-14H2,1-3H3. The maximum absolute atomic E-state index is 2.60. The maximum atomic E-state index is 2.60. The molecule has 0 radical (unpaired) electrons. The summed E-state index contributed by atoms with van der Waals surface area (Å²) in [4.78, 5) is 0. The van der Waals surface area contributed by atoms with Gasteiger partial charge in [0.15, 0.2) is 0 Å². The third kappa shape index (κ3) is 2.63. The molecule has 0 amide bonds. The monoisotopic (exact) mass is 272 g/mol. The minimum atomic E-state index is 0.552. The molecule has 20 heavy (non-hydrogen) atoms. The van der Waals surface area contributed by atoms with Crippen LogP contribution >= 0.6 is 0 Å². The molecule has 112 valence electrons. The lowest BCUT2D eigenvalue weighted by molar-refractivity contribution is 0.113. The molecule has 0 N–H and O–H groups in total. The van der Waals surface area contributed by atoms with E-state index >= 15 is 0 Å². The molecule has 2 fully saturated rings. The number of hydrogen-bond acceptors (Lipinski definition) is 0. The average molecular weight is 272 g/mol. The van der Waals surface area contributed by atoms with Crippen LogP contribution in [0.5, 0.6) is 0 Å². The van der Waals surface area contributed by atoms with Crippen molar-refractivity contribution in [3.8, 4) is 0 Å². The van der Waals surface area contributed by atoms with Crippen LogP contribution < -0.4 is 0 Å². The molecular weight excluding hydrogens is 240 g/mol. The molecule has 0 aliphatic heterocycles. The Bertz CT molecular complexity index is 410. The second-order valence-corrected chi connectivity index (χ2v) is 8.08. The van der Waals surface area contributed by atoms with Gasteiger partial charge in [-0.2, -0.15) is 0 Å². The second-order valence-electron chi connectivity index (χ2n) is 8.08. The molecular formula is C20H32. The number of allylic oxidation sites excluding steroid dienone is 4. The van der Waals surface area contributed by atoms with Gasteiger partial charge in [0.05, 0.1) is 0 Å². The van der Waals surface area contributed by atoms with E-state index in [0.717, 1.165) is 17.8 Å². The zero-order valence-corrected chi connectivity index (χ0v) is 13.8. The lowest BCUT2D eigenvalue weighted by Gasteiger charge is -2.44. The highest BCUT2D eigenvalue weighted by molar-refractivity contribution is 5.38. The van der Waals surface area contributed by atoms with Gasteiger partial charge in [0.2, 0.25) is 0 Å². The summed E-state index contributed by atoms with van der Waals surface area (Å²) in [6, 6.07) is 0. The van der Waals surface area contributed by atoms with Crippen molar-refractivity contribution >= 4 is 0 Å². The van der Waals surface area contributed by atoms with Crippen LogP contribution in [0.4, 0.5) is 0 Å². The van der Waals surface area contributed by atoms with Crippen LogP contribution in [0.25, 0.3) is 0 Å². The summed E-state index contributed by atoms with van der Waals surface area (Å²) in [5, 5.41) is 0. The summed E-state index contributed by atoms with van der Waals surface area (Å²) >= 11 is 0. The third-order valence-electron chi connectivity index (χ3n) is 6.63. The molecule has 0 heteroatoms. The summed E-state index contributed by atoms with van der Waals surface area (Å²) in [5.41, 5.74) is 4.05. The predicted octanol–water partition coefficient (Wildman–Crippen LogP) is 6.29. The molecule has 0 heterocycles. The lowest BCUT2D eigenvalue weighted by Crippen LogP contribution is -2.33. The molecule has 0 aromatic rings. The van der Waals surface area contributed by atoms with Gasteiger partial charge in [0, 0.05) is 0 Å². The maximum Gasteiger partial charge on any atom is -0.0134 e. The van der Waals surface area contributed by atoms with Crippen LogP contribution in [0.1, 0.15) is 78.6 Å². The van der Waals surface area contributed by atoms with E-state index in [1.807, 2.05) is 0 Å². The molecule has 3 atom stereocenters. The average Bonchev–Trinajstić information content (AvgIpc) is 2.44. The highest BCUT2D eigenvalue weighted by Crippen LogP contribution is 2.50. The van der Waals surface area contributed by atoms with Gasteiger partial charge in [-0.25, -0.2) is 0 Å². The van der Waals surface area contributed by atoms with Crippen molar-refractivity contribution in [2.75, 3.05) is 0 Å². The van der Waals surface area contributed by atoms with Crippen molar-refractivity contribution in [2.24, 2.45) is 23.2 Å². The van der Waals surface area contributed by atoms with Crippen molar-refractivity contribution in [3.63, 3.8) is 0 Å². The summed E-state index contributed by atoms with van der Waals surface area (Å²) in [5.74, 6) is 2.83. The fourth-order valence-electron chi connectivity index (χ4n) is 5.21. The van der Waals surface area contributed by atoms with E-state index in [-0.39, 0.29) is 0 Å². The number of rotatable bonds is 1. The van der Waals surface area contributed by atoms with Crippen LogP contribution in [0, 0.1) is 23.2 Å². The molecule has 3 rings (SSSR count). The quantitative estimate of drug-likeness (QED) is 0.526. The van der Waals surface area contributed by atoms with Gasteiger partial charge in [-0.3, -0.25) is 0 Å². The van der Waals surface area contributed by atoms with Gasteiger partial charge in [-0.05, 0) is 85.7 Å². The minimum absolute atomic E-state index is 0.552. The van der Waals surface area contributed by atoms with E-state index in [2.05, 4.69) is 32.9 Å². The predicted molar refractivity (Wildman–Crippen MR) is 87.6 cm³/mol. The first-order valence-electron chi connectivity index (χ1n) is 9.01. The topological polar surface area (TPSA) is 0 Å². The lowest BCUT2D eigenvalue weighted by atomic mass is 9.61. The second kappa shape index (κ2) is 5.70. The van der Waals surface area contributed by atoms with Crippen molar-refractivity contribution in [2.45, 2.75) is 78.6 Å². The van der Waals surface area contributed by atoms with Crippen molar-refractivity contribution < 1.29 is 0 Å². The molecule has 0 aromatic carbocycles. The van der Waals surface area contributed by atoms with Gasteiger partial charge < -0.3 is 0 Å². The van der Waals surface area contributed by atoms with Crippen LogP contribution in [-0.2, 0) is 0 Å². The van der Waals surface area contributed by atoms with E-state index in [4.69, 9.17) is 0 Å². The molecule has 2 saturated carbocycles.